The summed E-state index contributed by atoms with van der Waals surface area (Å²) in [7, 11) is 0. The van der Waals surface area contributed by atoms with Crippen LogP contribution in [0, 0.1) is 11.8 Å². The molecule has 1 aliphatic carbocycles. The Morgan fingerprint density at radius 3 is 2.00 bits per heavy atom. The Hall–Kier alpha value is -3.15. The van der Waals surface area contributed by atoms with Gasteiger partial charge in [0.25, 0.3) is 0 Å². The Kier molecular flexibility index (Phi) is 7.00. The number of hydrogen-bond acceptors (Lipinski definition) is 3. The van der Waals surface area contributed by atoms with Crippen LogP contribution in [0.15, 0.2) is 60.7 Å². The molecule has 3 N–H and O–H groups in total. The second kappa shape index (κ2) is 9.87. The van der Waals surface area contributed by atoms with E-state index in [0.717, 1.165) is 5.56 Å². The van der Waals surface area contributed by atoms with Crippen LogP contribution in [0.4, 0.5) is 5.69 Å². The molecule has 0 saturated heterocycles. The summed E-state index contributed by atoms with van der Waals surface area (Å²) in [6.07, 6.45) is 2.43. The molecule has 3 rings (SSSR count). The molecule has 0 aliphatic heterocycles. The molecule has 0 aromatic heterocycles. The lowest BCUT2D eigenvalue weighted by molar-refractivity contribution is -0.144. The minimum atomic E-state index is -0.798. The van der Waals surface area contributed by atoms with Gasteiger partial charge in [-0.25, -0.2) is 0 Å². The number of carboxylic acids is 1. The highest BCUT2D eigenvalue weighted by Gasteiger charge is 2.31. The number of hydrogen-bond donors (Lipinski definition) is 3. The number of anilines is 1. The molecule has 2 aromatic rings. The summed E-state index contributed by atoms with van der Waals surface area (Å²) in [6.45, 7) is 0. The number of amides is 2. The molecule has 2 amide bonds. The van der Waals surface area contributed by atoms with Gasteiger partial charge in [0, 0.05) is 18.0 Å². The lowest BCUT2D eigenvalue weighted by atomic mass is 9.81. The van der Waals surface area contributed by atoms with E-state index in [1.54, 1.807) is 12.1 Å². The maximum absolute atomic E-state index is 12.9. The van der Waals surface area contributed by atoms with Crippen molar-refractivity contribution in [2.45, 2.75) is 38.1 Å². The van der Waals surface area contributed by atoms with Crippen LogP contribution in [0.2, 0.25) is 0 Å². The van der Waals surface area contributed by atoms with Gasteiger partial charge in [0.1, 0.15) is 6.04 Å². The molecular formula is C23H26N2O4. The molecular weight excluding hydrogens is 368 g/mol. The van der Waals surface area contributed by atoms with Crippen LogP contribution in [0.1, 0.15) is 31.2 Å². The van der Waals surface area contributed by atoms with E-state index in [1.807, 2.05) is 48.5 Å². The van der Waals surface area contributed by atoms with Crippen molar-refractivity contribution in [1.29, 1.82) is 0 Å². The van der Waals surface area contributed by atoms with Crippen molar-refractivity contribution < 1.29 is 19.5 Å². The molecule has 0 radical (unpaired) electrons. The van der Waals surface area contributed by atoms with Crippen molar-refractivity contribution >= 4 is 23.5 Å². The minimum Gasteiger partial charge on any atom is -0.481 e. The van der Waals surface area contributed by atoms with E-state index in [1.165, 1.54) is 0 Å². The molecule has 29 heavy (non-hydrogen) atoms. The predicted octanol–water partition coefficient (Wildman–Crippen LogP) is 3.24. The van der Waals surface area contributed by atoms with E-state index >= 15 is 0 Å². The molecule has 6 heteroatoms. The summed E-state index contributed by atoms with van der Waals surface area (Å²) < 4.78 is 0. The van der Waals surface area contributed by atoms with E-state index in [0.29, 0.717) is 37.8 Å². The van der Waals surface area contributed by atoms with Crippen molar-refractivity contribution in [2.75, 3.05) is 5.32 Å². The number of nitrogens with one attached hydrogen (secondary N) is 2. The van der Waals surface area contributed by atoms with E-state index in [-0.39, 0.29) is 23.7 Å². The predicted molar refractivity (Wildman–Crippen MR) is 110 cm³/mol. The van der Waals surface area contributed by atoms with Crippen molar-refractivity contribution in [3.8, 4) is 0 Å². The maximum atomic E-state index is 12.9. The quantitative estimate of drug-likeness (QED) is 0.672. The standard InChI is InChI=1S/C23H26N2O4/c26-21(17-11-13-18(14-12-17)23(28)29)25-20(15-16-7-3-1-4-8-16)22(27)24-19-9-5-2-6-10-19/h1-10,17-18,20H,11-15H2,(H,24,27)(H,25,26)(H,28,29). The second-order valence-electron chi connectivity index (χ2n) is 7.49. The van der Waals surface area contributed by atoms with Crippen molar-refractivity contribution in [2.24, 2.45) is 11.8 Å². The fraction of sp³-hybridized carbons (Fsp3) is 0.348. The average Bonchev–Trinajstić information content (AvgIpc) is 2.74. The van der Waals surface area contributed by atoms with Gasteiger partial charge in [-0.15, -0.1) is 0 Å². The first-order valence-corrected chi connectivity index (χ1v) is 9.96. The minimum absolute atomic E-state index is 0.182. The Balaban J connectivity index is 1.66. The van der Waals surface area contributed by atoms with Gasteiger partial charge >= 0.3 is 5.97 Å². The molecule has 6 nitrogen and oxygen atoms in total. The summed E-state index contributed by atoms with van der Waals surface area (Å²) in [5, 5.41) is 14.9. The summed E-state index contributed by atoms with van der Waals surface area (Å²) >= 11 is 0. The van der Waals surface area contributed by atoms with Crippen LogP contribution in [-0.4, -0.2) is 28.9 Å². The topological polar surface area (TPSA) is 95.5 Å². The van der Waals surface area contributed by atoms with Gasteiger partial charge in [-0.05, 0) is 43.4 Å². The Morgan fingerprint density at radius 1 is 0.862 bits per heavy atom. The highest BCUT2D eigenvalue weighted by Crippen LogP contribution is 2.29. The number of carbonyl (C=O) groups is 3. The third-order valence-corrected chi connectivity index (χ3v) is 5.40. The number of aliphatic carboxylic acids is 1. The van der Waals surface area contributed by atoms with Gasteiger partial charge in [-0.2, -0.15) is 0 Å². The number of para-hydroxylation sites is 1. The van der Waals surface area contributed by atoms with Crippen LogP contribution in [0.3, 0.4) is 0 Å². The molecule has 2 aromatic carbocycles. The van der Waals surface area contributed by atoms with Gasteiger partial charge in [0.15, 0.2) is 0 Å². The third-order valence-electron chi connectivity index (χ3n) is 5.40. The summed E-state index contributed by atoms with van der Waals surface area (Å²) in [5.41, 5.74) is 1.63. The first-order valence-electron chi connectivity index (χ1n) is 9.96. The maximum Gasteiger partial charge on any atom is 0.306 e. The molecule has 1 atom stereocenters. The number of carbonyl (C=O) groups excluding carboxylic acids is 2. The molecule has 0 heterocycles. The van der Waals surface area contributed by atoms with Crippen LogP contribution in [0.25, 0.3) is 0 Å². The van der Waals surface area contributed by atoms with Gasteiger partial charge < -0.3 is 15.7 Å². The fourth-order valence-electron chi connectivity index (χ4n) is 3.70. The first-order chi connectivity index (χ1) is 14.0. The summed E-state index contributed by atoms with van der Waals surface area (Å²) in [5.74, 6) is -1.88. The Labute approximate surface area is 170 Å². The van der Waals surface area contributed by atoms with E-state index in [4.69, 9.17) is 5.11 Å². The smallest absolute Gasteiger partial charge is 0.306 e. The first kappa shape index (κ1) is 20.6. The van der Waals surface area contributed by atoms with Crippen LogP contribution >= 0.6 is 0 Å². The zero-order valence-electron chi connectivity index (χ0n) is 16.2. The molecule has 0 spiro atoms. The van der Waals surface area contributed by atoms with E-state index < -0.39 is 12.0 Å². The van der Waals surface area contributed by atoms with Crippen molar-refractivity contribution in [3.05, 3.63) is 66.2 Å². The monoisotopic (exact) mass is 394 g/mol. The molecule has 1 unspecified atom stereocenters. The van der Waals surface area contributed by atoms with Crippen molar-refractivity contribution in [1.82, 2.24) is 5.32 Å². The number of carboxylic acid groups (broad SMARTS) is 1. The SMILES string of the molecule is O=C(O)C1CCC(C(=O)NC(Cc2ccccc2)C(=O)Nc2ccccc2)CC1. The second-order valence-corrected chi connectivity index (χ2v) is 7.49. The lowest BCUT2D eigenvalue weighted by Gasteiger charge is -2.27. The summed E-state index contributed by atoms with van der Waals surface area (Å²) in [6, 6.07) is 18.0. The number of benzene rings is 2. The fourth-order valence-corrected chi connectivity index (χ4v) is 3.70. The van der Waals surface area contributed by atoms with Crippen LogP contribution < -0.4 is 10.6 Å². The normalized spacial score (nSPS) is 19.7. The van der Waals surface area contributed by atoms with Gasteiger partial charge in [0.05, 0.1) is 5.92 Å². The van der Waals surface area contributed by atoms with E-state index in [9.17, 15) is 14.4 Å². The lowest BCUT2D eigenvalue weighted by Crippen LogP contribution is -2.48. The van der Waals surface area contributed by atoms with Gasteiger partial charge in [-0.1, -0.05) is 48.5 Å². The Morgan fingerprint density at radius 2 is 1.41 bits per heavy atom. The van der Waals surface area contributed by atoms with Gasteiger partial charge in [-0.3, -0.25) is 14.4 Å². The third kappa shape index (κ3) is 5.91. The number of rotatable bonds is 7. The average molecular weight is 394 g/mol. The zero-order valence-corrected chi connectivity index (χ0v) is 16.2. The van der Waals surface area contributed by atoms with Crippen molar-refractivity contribution in [3.63, 3.8) is 0 Å². The molecule has 0 bridgehead atoms. The largest absolute Gasteiger partial charge is 0.481 e. The van der Waals surface area contributed by atoms with Crippen LogP contribution in [-0.2, 0) is 20.8 Å². The Bertz CT molecular complexity index is 830. The molecule has 1 saturated carbocycles. The molecule has 1 aliphatic rings. The molecule has 152 valence electrons. The van der Waals surface area contributed by atoms with Gasteiger partial charge in [0.2, 0.25) is 11.8 Å². The highest BCUT2D eigenvalue weighted by atomic mass is 16.4. The molecule has 1 fully saturated rings. The highest BCUT2D eigenvalue weighted by molar-refractivity contribution is 5.97. The van der Waals surface area contributed by atoms with Crippen LogP contribution in [0.5, 0.6) is 0 Å². The van der Waals surface area contributed by atoms with E-state index in [2.05, 4.69) is 10.6 Å². The summed E-state index contributed by atoms with van der Waals surface area (Å²) in [4.78, 5) is 36.8. The zero-order chi connectivity index (χ0) is 20.6.